The average molecular weight is 213 g/mol. The maximum absolute atomic E-state index is 10.2. The molecule has 0 fully saturated rings. The normalized spacial score (nSPS) is 9.55. The number of pyridine rings is 1. The van der Waals surface area contributed by atoms with E-state index in [4.69, 9.17) is 7.85 Å². The molecule has 0 spiro atoms. The van der Waals surface area contributed by atoms with Gasteiger partial charge in [-0.1, -0.05) is 0 Å². The van der Waals surface area contributed by atoms with Crippen LogP contribution in [0.15, 0.2) is 16.9 Å². The molecule has 2 radical (unpaired) electrons. The van der Waals surface area contributed by atoms with Crippen LogP contribution in [0.1, 0.15) is 0 Å². The number of nitrogens with zero attached hydrogens (tertiary/aromatic N) is 2. The molecule has 0 aliphatic rings. The summed E-state index contributed by atoms with van der Waals surface area (Å²) in [5.74, 6) is 0. The summed E-state index contributed by atoms with van der Waals surface area (Å²) in [5.41, 5.74) is -0.0647. The van der Waals surface area contributed by atoms with Crippen LogP contribution in [-0.4, -0.2) is 17.8 Å². The predicted octanol–water partition coefficient (Wildman–Crippen LogP) is 0.546. The van der Waals surface area contributed by atoms with Crippen molar-refractivity contribution in [2.45, 2.75) is 0 Å². The molecule has 1 heterocycles. The van der Waals surface area contributed by atoms with Crippen LogP contribution < -0.4 is 5.46 Å². The van der Waals surface area contributed by atoms with Crippen molar-refractivity contribution in [1.82, 2.24) is 4.98 Å². The van der Waals surface area contributed by atoms with Gasteiger partial charge in [0.25, 0.3) is 5.69 Å². The maximum atomic E-state index is 10.2. The van der Waals surface area contributed by atoms with Gasteiger partial charge in [0.1, 0.15) is 18.6 Å². The number of aromatic nitrogens is 1. The van der Waals surface area contributed by atoms with E-state index in [-0.39, 0.29) is 11.2 Å². The largest absolute Gasteiger partial charge is 0.280 e. The van der Waals surface area contributed by atoms with Crippen molar-refractivity contribution in [2.75, 3.05) is 0 Å². The molecular formula is C5H2BBrN2O2. The van der Waals surface area contributed by atoms with Crippen LogP contribution in [0, 0.1) is 10.1 Å². The van der Waals surface area contributed by atoms with E-state index in [1.807, 2.05) is 0 Å². The summed E-state index contributed by atoms with van der Waals surface area (Å²) in [7, 11) is 5.31. The van der Waals surface area contributed by atoms with Gasteiger partial charge in [-0.3, -0.25) is 10.1 Å². The Labute approximate surface area is 72.3 Å². The molecule has 6 heteroatoms. The van der Waals surface area contributed by atoms with Gasteiger partial charge in [0.05, 0.1) is 4.92 Å². The minimum atomic E-state index is -0.575. The first-order valence-corrected chi connectivity index (χ1v) is 3.46. The molecule has 54 valence electrons. The molecular weight excluding hydrogens is 211 g/mol. The fourth-order valence-electron chi connectivity index (χ4n) is 0.589. The van der Waals surface area contributed by atoms with Gasteiger partial charge in [0.2, 0.25) is 0 Å². The molecule has 11 heavy (non-hydrogen) atoms. The highest BCUT2D eigenvalue weighted by Gasteiger charge is 2.09. The second kappa shape index (κ2) is 3.00. The Bertz CT molecular complexity index is 305. The Kier molecular flexibility index (Phi) is 2.23. The molecule has 0 aliphatic heterocycles. The number of nitro groups is 1. The molecule has 0 saturated heterocycles. The Morgan fingerprint density at radius 3 is 2.82 bits per heavy atom. The lowest BCUT2D eigenvalue weighted by Gasteiger charge is -1.95. The fraction of sp³-hybridized carbons (Fsp3) is 0. The first-order valence-electron chi connectivity index (χ1n) is 2.66. The van der Waals surface area contributed by atoms with Crippen molar-refractivity contribution in [3.63, 3.8) is 0 Å². The van der Waals surface area contributed by atoms with Crippen molar-refractivity contribution in [1.29, 1.82) is 0 Å². The fourth-order valence-corrected chi connectivity index (χ4v) is 0.938. The van der Waals surface area contributed by atoms with Crippen LogP contribution in [0.5, 0.6) is 0 Å². The molecule has 0 N–H and O–H groups in total. The molecule has 4 nitrogen and oxygen atoms in total. The SMILES string of the molecule is [B]c1cc(Br)ncc1[N+](=O)[O-]. The van der Waals surface area contributed by atoms with E-state index in [9.17, 15) is 10.1 Å². The Balaban J connectivity index is 3.20. The molecule has 0 unspecified atom stereocenters. The topological polar surface area (TPSA) is 56.0 Å². The minimum Gasteiger partial charge on any atom is -0.258 e. The van der Waals surface area contributed by atoms with E-state index < -0.39 is 4.92 Å². The predicted molar refractivity (Wildman–Crippen MR) is 44.0 cm³/mol. The van der Waals surface area contributed by atoms with Crippen LogP contribution in [0.25, 0.3) is 0 Å². The Morgan fingerprint density at radius 2 is 2.36 bits per heavy atom. The highest BCUT2D eigenvalue weighted by molar-refractivity contribution is 9.10. The summed E-state index contributed by atoms with van der Waals surface area (Å²) >= 11 is 3.03. The lowest BCUT2D eigenvalue weighted by Crippen LogP contribution is -2.09. The quantitative estimate of drug-likeness (QED) is 0.296. The van der Waals surface area contributed by atoms with E-state index >= 15 is 0 Å². The summed E-state index contributed by atoms with van der Waals surface area (Å²) in [6.07, 6.45) is 1.11. The molecule has 0 atom stereocenters. The Hall–Kier alpha value is -0.905. The van der Waals surface area contributed by atoms with Crippen molar-refractivity contribution < 1.29 is 4.92 Å². The standard InChI is InChI=1S/C5H2BBrN2O2/c6-3-1-5(7)8-2-4(3)9(10)11/h1-2H. The van der Waals surface area contributed by atoms with Crippen LogP contribution >= 0.6 is 15.9 Å². The molecule has 1 rings (SSSR count). The number of hydrogen-bond acceptors (Lipinski definition) is 3. The average Bonchev–Trinajstić information content (AvgIpc) is 1.85. The summed E-state index contributed by atoms with van der Waals surface area (Å²) in [5, 5.41) is 10.2. The van der Waals surface area contributed by atoms with E-state index in [2.05, 4.69) is 20.9 Å². The van der Waals surface area contributed by atoms with Gasteiger partial charge >= 0.3 is 0 Å². The van der Waals surface area contributed by atoms with Gasteiger partial charge in [0, 0.05) is 0 Å². The van der Waals surface area contributed by atoms with Gasteiger partial charge in [0.15, 0.2) is 0 Å². The monoisotopic (exact) mass is 212 g/mol. The third-order valence-electron chi connectivity index (χ3n) is 1.08. The molecule has 0 aliphatic carbocycles. The van der Waals surface area contributed by atoms with Crippen molar-refractivity contribution in [2.24, 2.45) is 0 Å². The number of hydrogen-bond donors (Lipinski definition) is 0. The molecule has 1 aromatic heterocycles. The van der Waals surface area contributed by atoms with Gasteiger partial charge in [-0.15, -0.1) is 0 Å². The molecule has 1 aromatic rings. The van der Waals surface area contributed by atoms with E-state index in [0.29, 0.717) is 4.60 Å². The third kappa shape index (κ3) is 1.77. The molecule has 0 saturated carbocycles. The zero-order valence-corrected chi connectivity index (χ0v) is 6.91. The summed E-state index contributed by atoms with van der Waals surface area (Å²) in [4.78, 5) is 13.3. The number of halogens is 1. The summed E-state index contributed by atoms with van der Waals surface area (Å²) < 4.78 is 0.487. The van der Waals surface area contributed by atoms with Gasteiger partial charge < -0.3 is 0 Å². The highest BCUT2D eigenvalue weighted by Crippen LogP contribution is 2.08. The van der Waals surface area contributed by atoms with Crippen LogP contribution in [0.2, 0.25) is 0 Å². The minimum absolute atomic E-state index is 0.108. The maximum Gasteiger partial charge on any atom is 0.280 e. The van der Waals surface area contributed by atoms with Crippen LogP contribution in [-0.2, 0) is 0 Å². The highest BCUT2D eigenvalue weighted by atomic mass is 79.9. The molecule has 0 amide bonds. The second-order valence-corrected chi connectivity index (χ2v) is 2.64. The molecule has 0 bridgehead atoms. The lowest BCUT2D eigenvalue weighted by atomic mass is 9.96. The summed E-state index contributed by atoms with van der Waals surface area (Å²) in [6.45, 7) is 0. The third-order valence-corrected chi connectivity index (χ3v) is 1.51. The van der Waals surface area contributed by atoms with Gasteiger partial charge in [-0.2, -0.15) is 0 Å². The number of rotatable bonds is 1. The van der Waals surface area contributed by atoms with Gasteiger partial charge in [-0.25, -0.2) is 4.98 Å². The summed E-state index contributed by atoms with van der Waals surface area (Å²) in [6, 6.07) is 1.39. The lowest BCUT2D eigenvalue weighted by molar-refractivity contribution is -0.383. The van der Waals surface area contributed by atoms with E-state index in [0.717, 1.165) is 6.20 Å². The van der Waals surface area contributed by atoms with Crippen LogP contribution in [0.4, 0.5) is 5.69 Å². The first-order chi connectivity index (χ1) is 5.11. The first kappa shape index (κ1) is 8.19. The molecule has 0 aromatic carbocycles. The zero-order chi connectivity index (χ0) is 8.43. The van der Waals surface area contributed by atoms with Crippen molar-refractivity contribution in [3.8, 4) is 0 Å². The van der Waals surface area contributed by atoms with E-state index in [1.54, 1.807) is 0 Å². The Morgan fingerprint density at radius 1 is 1.73 bits per heavy atom. The van der Waals surface area contributed by atoms with E-state index in [1.165, 1.54) is 6.07 Å². The zero-order valence-electron chi connectivity index (χ0n) is 5.32. The van der Waals surface area contributed by atoms with Gasteiger partial charge in [-0.05, 0) is 27.5 Å². The smallest absolute Gasteiger partial charge is 0.258 e. The van der Waals surface area contributed by atoms with Crippen molar-refractivity contribution in [3.05, 3.63) is 27.0 Å². The second-order valence-electron chi connectivity index (χ2n) is 1.82. The van der Waals surface area contributed by atoms with Crippen molar-refractivity contribution >= 4 is 34.9 Å². The van der Waals surface area contributed by atoms with Crippen LogP contribution in [0.3, 0.4) is 0 Å².